The zero-order valence-corrected chi connectivity index (χ0v) is 24.8. The van der Waals surface area contributed by atoms with Gasteiger partial charge in [0.25, 0.3) is 11.8 Å². The molecule has 0 fully saturated rings. The normalized spacial score (nSPS) is 22.5. The van der Waals surface area contributed by atoms with Crippen LogP contribution in [-0.4, -0.2) is 82.0 Å². The van der Waals surface area contributed by atoms with Gasteiger partial charge in [0.05, 0.1) is 18.9 Å². The van der Waals surface area contributed by atoms with Gasteiger partial charge in [0.1, 0.15) is 23.9 Å². The number of nitrogens with zero attached hydrogens (tertiary/aromatic N) is 2. The maximum absolute atomic E-state index is 13.8. The van der Waals surface area contributed by atoms with E-state index in [1.165, 1.54) is 37.2 Å². The summed E-state index contributed by atoms with van der Waals surface area (Å²) in [6.45, 7) is 6.16. The average molecular weight is 609 g/mol. The summed E-state index contributed by atoms with van der Waals surface area (Å²) in [5, 5.41) is 24.3. The van der Waals surface area contributed by atoms with Gasteiger partial charge in [0, 0.05) is 30.3 Å². The molecule has 14 nitrogen and oxygen atoms in total. The van der Waals surface area contributed by atoms with Gasteiger partial charge in [-0.25, -0.2) is 0 Å². The maximum atomic E-state index is 13.8. The number of carbonyl (C=O) groups excluding carboxylic acids is 5. The highest BCUT2D eigenvalue weighted by Crippen LogP contribution is 2.25. The molecular formula is C30H36N6O8. The highest BCUT2D eigenvalue weighted by molar-refractivity contribution is 6.01. The van der Waals surface area contributed by atoms with Crippen molar-refractivity contribution in [2.45, 2.75) is 58.5 Å². The summed E-state index contributed by atoms with van der Waals surface area (Å²) in [5.74, 6) is -2.76. The van der Waals surface area contributed by atoms with Gasteiger partial charge in [-0.2, -0.15) is 0 Å². The number of aliphatic hydroxyl groups excluding tert-OH is 1. The first-order chi connectivity index (χ1) is 20.9. The number of hydrogen-bond acceptors (Lipinski definition) is 9. The van der Waals surface area contributed by atoms with Crippen LogP contribution in [0, 0.1) is 5.92 Å². The zero-order valence-electron chi connectivity index (χ0n) is 24.8. The molecular weight excluding hydrogens is 572 g/mol. The number of nitrogens with one attached hydrogen (secondary N) is 4. The van der Waals surface area contributed by atoms with Crippen LogP contribution in [0.5, 0.6) is 5.75 Å². The van der Waals surface area contributed by atoms with E-state index < -0.39 is 53.8 Å². The van der Waals surface area contributed by atoms with E-state index in [9.17, 15) is 29.1 Å². The highest BCUT2D eigenvalue weighted by Gasteiger charge is 2.32. The lowest BCUT2D eigenvalue weighted by Gasteiger charge is -2.26. The number of benzene rings is 1. The molecule has 0 spiro atoms. The number of ether oxygens (including phenoxy) is 1. The van der Waals surface area contributed by atoms with E-state index >= 15 is 0 Å². The van der Waals surface area contributed by atoms with Crippen molar-refractivity contribution in [3.8, 4) is 5.75 Å². The quantitative estimate of drug-likeness (QED) is 0.325. The molecule has 2 bridgehead atoms. The minimum Gasteiger partial charge on any atom is -0.464 e. The first kappa shape index (κ1) is 31.9. The number of amides is 5. The third kappa shape index (κ3) is 7.69. The minimum atomic E-state index is -1.43. The van der Waals surface area contributed by atoms with Gasteiger partial charge in [-0.15, -0.1) is 0 Å². The molecule has 0 aliphatic carbocycles. The Labute approximate surface area is 253 Å². The average Bonchev–Trinajstić information content (AvgIpc) is 3.34. The van der Waals surface area contributed by atoms with Gasteiger partial charge in [0.15, 0.2) is 11.5 Å². The lowest BCUT2D eigenvalue weighted by molar-refractivity contribution is -0.133. The lowest BCUT2D eigenvalue weighted by Crippen LogP contribution is -2.58. The Balaban J connectivity index is 1.66. The van der Waals surface area contributed by atoms with Crippen LogP contribution in [0.15, 0.2) is 52.8 Å². The minimum absolute atomic E-state index is 0.0254. The molecule has 1 aromatic heterocycles. The van der Waals surface area contributed by atoms with E-state index in [0.717, 1.165) is 0 Å². The molecule has 14 heteroatoms. The topological polar surface area (TPSA) is 192 Å². The van der Waals surface area contributed by atoms with E-state index in [1.54, 1.807) is 32.1 Å². The van der Waals surface area contributed by atoms with Crippen LogP contribution in [0.2, 0.25) is 0 Å². The fourth-order valence-corrected chi connectivity index (χ4v) is 4.58. The number of hydrogen-bond donors (Lipinski definition) is 5. The van der Waals surface area contributed by atoms with E-state index in [1.807, 2.05) is 12.1 Å². The van der Waals surface area contributed by atoms with Crippen molar-refractivity contribution in [2.75, 3.05) is 13.1 Å². The highest BCUT2D eigenvalue weighted by atomic mass is 16.5. The number of para-hydroxylation sites is 1. The molecule has 0 radical (unpaired) electrons. The number of carbonyl (C=O) groups is 5. The van der Waals surface area contributed by atoms with E-state index in [0.29, 0.717) is 16.9 Å². The fourth-order valence-electron chi connectivity index (χ4n) is 4.58. The summed E-state index contributed by atoms with van der Waals surface area (Å²) < 4.78 is 11.0. The second-order valence-electron chi connectivity index (χ2n) is 10.9. The molecule has 0 saturated heterocycles. The van der Waals surface area contributed by atoms with Crippen molar-refractivity contribution in [1.82, 2.24) is 31.3 Å². The number of aliphatic hydroxyl groups is 1. The summed E-state index contributed by atoms with van der Waals surface area (Å²) in [6, 6.07) is 5.03. The molecule has 2 aliphatic rings. The van der Waals surface area contributed by atoms with Crippen molar-refractivity contribution in [3.63, 3.8) is 0 Å². The SMILES string of the molecule is CC(C)[C@@H]1NC(=O)[C@H](C)NC(=O)[C@H]([C@@H](C)O)NC(=O)c2cc(on2)CN(C(=O)C2=Cc3ccccc3OC=C2)CCNC1=O. The second kappa shape index (κ2) is 14.0. The van der Waals surface area contributed by atoms with Crippen molar-refractivity contribution >= 4 is 35.6 Å². The van der Waals surface area contributed by atoms with Crippen LogP contribution in [0.3, 0.4) is 0 Å². The maximum Gasteiger partial charge on any atom is 0.274 e. The molecule has 0 unspecified atom stereocenters. The summed E-state index contributed by atoms with van der Waals surface area (Å²) in [6.07, 6.45) is 3.28. The van der Waals surface area contributed by atoms with Gasteiger partial charge in [-0.1, -0.05) is 37.2 Å². The molecule has 4 atom stereocenters. The Morgan fingerprint density at radius 2 is 1.77 bits per heavy atom. The van der Waals surface area contributed by atoms with E-state index in [-0.39, 0.29) is 37.0 Å². The predicted molar refractivity (Wildman–Crippen MR) is 156 cm³/mol. The predicted octanol–water partition coefficient (Wildman–Crippen LogP) is 0.247. The third-order valence-electron chi connectivity index (χ3n) is 7.08. The monoisotopic (exact) mass is 608 g/mol. The number of fused-ring (bicyclic) bond motifs is 3. The van der Waals surface area contributed by atoms with Crippen LogP contribution >= 0.6 is 0 Å². The molecule has 2 aliphatic heterocycles. The Hall–Kier alpha value is -4.98. The van der Waals surface area contributed by atoms with E-state index in [4.69, 9.17) is 9.26 Å². The summed E-state index contributed by atoms with van der Waals surface area (Å²) in [7, 11) is 0. The van der Waals surface area contributed by atoms with Gasteiger partial charge in [-0.05, 0) is 38.0 Å². The van der Waals surface area contributed by atoms with Gasteiger partial charge in [-0.3, -0.25) is 24.0 Å². The molecule has 4 rings (SSSR count). The molecule has 5 amide bonds. The third-order valence-corrected chi connectivity index (χ3v) is 7.08. The van der Waals surface area contributed by atoms with Gasteiger partial charge < -0.3 is 40.5 Å². The molecule has 3 heterocycles. The largest absolute Gasteiger partial charge is 0.464 e. The second-order valence-corrected chi connectivity index (χ2v) is 10.9. The first-order valence-corrected chi connectivity index (χ1v) is 14.2. The molecule has 44 heavy (non-hydrogen) atoms. The molecule has 1 aromatic carbocycles. The van der Waals surface area contributed by atoms with Crippen LogP contribution in [0.4, 0.5) is 0 Å². The standard InChI is InChI=1S/C30H36N6O8/c1-16(2)24-28(40)31-10-11-36(30(42)20-9-12-43-23-8-6-5-7-19(23)13-20)15-21-14-22(35-44-21)27(39)34-25(18(4)37)29(41)32-17(3)26(38)33-24/h5-9,12-14,16-18,24-25,37H,10-11,15H2,1-4H3,(H,31,40)(H,32,41)(H,33,38)(H,34,39)/t17-,18+,24-,25-/m0/s1. The molecule has 2 aromatic rings. The van der Waals surface area contributed by atoms with Crippen molar-refractivity contribution in [3.05, 3.63) is 65.3 Å². The van der Waals surface area contributed by atoms with E-state index in [2.05, 4.69) is 26.4 Å². The Morgan fingerprint density at radius 3 is 2.50 bits per heavy atom. The Morgan fingerprint density at radius 1 is 1.02 bits per heavy atom. The van der Waals surface area contributed by atoms with Crippen LogP contribution in [-0.2, 0) is 25.7 Å². The van der Waals surface area contributed by atoms with Crippen molar-refractivity contribution in [1.29, 1.82) is 0 Å². The van der Waals surface area contributed by atoms with Gasteiger partial charge >= 0.3 is 0 Å². The zero-order chi connectivity index (χ0) is 32.0. The van der Waals surface area contributed by atoms with Crippen molar-refractivity contribution in [2.24, 2.45) is 5.92 Å². The molecule has 5 N–H and O–H groups in total. The van der Waals surface area contributed by atoms with Crippen LogP contribution < -0.4 is 26.0 Å². The summed E-state index contributed by atoms with van der Waals surface area (Å²) in [4.78, 5) is 67.1. The number of rotatable bonds is 3. The summed E-state index contributed by atoms with van der Waals surface area (Å²) >= 11 is 0. The van der Waals surface area contributed by atoms with Crippen LogP contribution in [0.1, 0.15) is 49.5 Å². The Kier molecular flexibility index (Phi) is 10.2. The Bertz CT molecular complexity index is 1480. The fraction of sp³-hybridized carbons (Fsp3) is 0.400. The summed E-state index contributed by atoms with van der Waals surface area (Å²) in [5.41, 5.74) is 0.797. The van der Waals surface area contributed by atoms with Crippen LogP contribution in [0.25, 0.3) is 6.08 Å². The first-order valence-electron chi connectivity index (χ1n) is 14.2. The van der Waals surface area contributed by atoms with Crippen molar-refractivity contribution < 1.29 is 38.3 Å². The van der Waals surface area contributed by atoms with Gasteiger partial charge in [0.2, 0.25) is 17.7 Å². The lowest BCUT2D eigenvalue weighted by atomic mass is 10.0. The molecule has 234 valence electrons. The number of aromatic nitrogens is 1. The smallest absolute Gasteiger partial charge is 0.274 e. The molecule has 0 saturated carbocycles.